The van der Waals surface area contributed by atoms with Gasteiger partial charge >= 0.3 is 0 Å². The Morgan fingerprint density at radius 3 is 2.81 bits per heavy atom. The first-order valence-electron chi connectivity index (χ1n) is 6.88. The highest BCUT2D eigenvalue weighted by atomic mass is 79.9. The van der Waals surface area contributed by atoms with Crippen LogP contribution in [0.25, 0.3) is 0 Å². The molecule has 110 valence electrons. The van der Waals surface area contributed by atoms with Crippen LogP contribution < -0.4 is 0 Å². The highest BCUT2D eigenvalue weighted by Gasteiger charge is 2.26. The summed E-state index contributed by atoms with van der Waals surface area (Å²) in [6.07, 6.45) is 0.857. The number of H-pyrrole nitrogens is 1. The van der Waals surface area contributed by atoms with Crippen molar-refractivity contribution in [2.75, 3.05) is 6.54 Å². The molecule has 3 rings (SSSR count). The van der Waals surface area contributed by atoms with Crippen molar-refractivity contribution in [1.82, 2.24) is 9.88 Å². The second kappa shape index (κ2) is 5.61. The molecule has 5 heteroatoms. The molecular formula is C16H16Br2N2O. The SMILES string of the molecule is Cc1ccc(C)c(C(=O)N2CCc3[nH]c(Br)c(Br)c3C2)c1. The van der Waals surface area contributed by atoms with Crippen LogP contribution >= 0.6 is 31.9 Å². The molecule has 0 saturated heterocycles. The average Bonchev–Trinajstić information content (AvgIpc) is 2.76. The molecule has 3 nitrogen and oxygen atoms in total. The number of aryl methyl sites for hydroxylation is 2. The Kier molecular flexibility index (Phi) is 3.97. The maximum Gasteiger partial charge on any atom is 0.254 e. The highest BCUT2D eigenvalue weighted by Crippen LogP contribution is 2.33. The number of nitrogens with zero attached hydrogens (tertiary/aromatic N) is 1. The molecule has 1 aliphatic rings. The first-order valence-corrected chi connectivity index (χ1v) is 8.47. The summed E-state index contributed by atoms with van der Waals surface area (Å²) in [5.41, 5.74) is 5.34. The first-order chi connectivity index (χ1) is 9.97. The predicted molar refractivity (Wildman–Crippen MR) is 90.6 cm³/mol. The average molecular weight is 412 g/mol. The third kappa shape index (κ3) is 2.69. The fourth-order valence-corrected chi connectivity index (χ4v) is 3.68. The van der Waals surface area contributed by atoms with Gasteiger partial charge in [-0.2, -0.15) is 0 Å². The number of halogens is 2. The molecule has 0 saturated carbocycles. The number of aromatic amines is 1. The van der Waals surface area contributed by atoms with Crippen LogP contribution in [-0.4, -0.2) is 22.3 Å². The lowest BCUT2D eigenvalue weighted by Gasteiger charge is -2.28. The van der Waals surface area contributed by atoms with Gasteiger partial charge in [-0.15, -0.1) is 0 Å². The van der Waals surface area contributed by atoms with Crippen molar-refractivity contribution in [3.63, 3.8) is 0 Å². The topological polar surface area (TPSA) is 36.1 Å². The number of carbonyl (C=O) groups is 1. The van der Waals surface area contributed by atoms with Gasteiger partial charge in [0.25, 0.3) is 5.91 Å². The van der Waals surface area contributed by atoms with E-state index in [1.807, 2.05) is 36.9 Å². The zero-order valence-electron chi connectivity index (χ0n) is 12.0. The fraction of sp³-hybridized carbons (Fsp3) is 0.312. The Morgan fingerprint density at radius 2 is 2.05 bits per heavy atom. The normalized spacial score (nSPS) is 14.2. The molecule has 1 aromatic heterocycles. The van der Waals surface area contributed by atoms with Crippen LogP contribution in [0.5, 0.6) is 0 Å². The van der Waals surface area contributed by atoms with E-state index in [9.17, 15) is 4.79 Å². The second-order valence-electron chi connectivity index (χ2n) is 5.51. The Hall–Kier alpha value is -1.07. The van der Waals surface area contributed by atoms with Gasteiger partial charge < -0.3 is 9.88 Å². The van der Waals surface area contributed by atoms with E-state index in [0.29, 0.717) is 6.54 Å². The van der Waals surface area contributed by atoms with Crippen LogP contribution in [0.15, 0.2) is 27.3 Å². The zero-order valence-corrected chi connectivity index (χ0v) is 15.1. The van der Waals surface area contributed by atoms with E-state index >= 15 is 0 Å². The maximum atomic E-state index is 12.8. The summed E-state index contributed by atoms with van der Waals surface area (Å²) in [5.74, 6) is 0.117. The minimum Gasteiger partial charge on any atom is -0.352 e. The molecular weight excluding hydrogens is 396 g/mol. The van der Waals surface area contributed by atoms with Crippen LogP contribution in [0.2, 0.25) is 0 Å². The summed E-state index contributed by atoms with van der Waals surface area (Å²) >= 11 is 7.07. The summed E-state index contributed by atoms with van der Waals surface area (Å²) in [7, 11) is 0. The van der Waals surface area contributed by atoms with Gasteiger partial charge in [-0.1, -0.05) is 17.7 Å². The lowest BCUT2D eigenvalue weighted by atomic mass is 10.0. The number of rotatable bonds is 1. The number of fused-ring (bicyclic) bond motifs is 1. The second-order valence-corrected chi connectivity index (χ2v) is 7.09. The predicted octanol–water partition coefficient (Wildman–Crippen LogP) is 4.36. The van der Waals surface area contributed by atoms with Gasteiger partial charge in [0.15, 0.2) is 0 Å². The summed E-state index contributed by atoms with van der Waals surface area (Å²) in [4.78, 5) is 18.0. The summed E-state index contributed by atoms with van der Waals surface area (Å²) in [6.45, 7) is 5.40. The Labute approximate surface area is 141 Å². The van der Waals surface area contributed by atoms with Crippen molar-refractivity contribution in [2.45, 2.75) is 26.8 Å². The van der Waals surface area contributed by atoms with Crippen LogP contribution in [0.3, 0.4) is 0 Å². The van der Waals surface area contributed by atoms with E-state index in [-0.39, 0.29) is 5.91 Å². The van der Waals surface area contributed by atoms with Crippen LogP contribution in [-0.2, 0) is 13.0 Å². The maximum absolute atomic E-state index is 12.8. The molecule has 2 heterocycles. The minimum absolute atomic E-state index is 0.117. The lowest BCUT2D eigenvalue weighted by molar-refractivity contribution is 0.0733. The number of hydrogen-bond donors (Lipinski definition) is 1. The quantitative estimate of drug-likeness (QED) is 0.743. The molecule has 0 bridgehead atoms. The fourth-order valence-electron chi connectivity index (χ4n) is 2.73. The van der Waals surface area contributed by atoms with Crippen molar-refractivity contribution < 1.29 is 4.79 Å². The number of aromatic nitrogens is 1. The smallest absolute Gasteiger partial charge is 0.254 e. The monoisotopic (exact) mass is 410 g/mol. The van der Waals surface area contributed by atoms with Crippen molar-refractivity contribution in [2.24, 2.45) is 0 Å². The van der Waals surface area contributed by atoms with Gasteiger partial charge in [-0.05, 0) is 57.3 Å². The molecule has 1 N–H and O–H groups in total. The van der Waals surface area contributed by atoms with Crippen molar-refractivity contribution in [3.05, 3.63) is 55.2 Å². The molecule has 2 aromatic rings. The molecule has 1 amide bonds. The standard InChI is InChI=1S/C16H16Br2N2O/c1-9-3-4-10(2)11(7-9)16(21)20-6-5-13-12(8-20)14(17)15(18)19-13/h3-4,7,19H,5-6,8H2,1-2H3. The lowest BCUT2D eigenvalue weighted by Crippen LogP contribution is -2.36. The van der Waals surface area contributed by atoms with E-state index in [0.717, 1.165) is 38.7 Å². The summed E-state index contributed by atoms with van der Waals surface area (Å²) in [5, 5.41) is 0. The Balaban J connectivity index is 1.90. The molecule has 0 radical (unpaired) electrons. The van der Waals surface area contributed by atoms with Gasteiger partial charge in [0.2, 0.25) is 0 Å². The molecule has 0 atom stereocenters. The van der Waals surface area contributed by atoms with E-state index in [1.165, 1.54) is 11.3 Å². The van der Waals surface area contributed by atoms with Crippen molar-refractivity contribution in [1.29, 1.82) is 0 Å². The molecule has 0 unspecified atom stereocenters. The van der Waals surface area contributed by atoms with E-state index < -0.39 is 0 Å². The van der Waals surface area contributed by atoms with Crippen LogP contribution in [0, 0.1) is 13.8 Å². The summed E-state index contributed by atoms with van der Waals surface area (Å²) < 4.78 is 1.98. The van der Waals surface area contributed by atoms with E-state index in [4.69, 9.17) is 0 Å². The van der Waals surface area contributed by atoms with Crippen molar-refractivity contribution in [3.8, 4) is 0 Å². The van der Waals surface area contributed by atoms with Gasteiger partial charge in [0, 0.05) is 36.3 Å². The van der Waals surface area contributed by atoms with Gasteiger partial charge in [0.05, 0.1) is 9.08 Å². The zero-order chi connectivity index (χ0) is 15.1. The molecule has 1 aromatic carbocycles. The molecule has 0 spiro atoms. The molecule has 21 heavy (non-hydrogen) atoms. The van der Waals surface area contributed by atoms with E-state index in [1.54, 1.807) is 0 Å². The third-order valence-corrected chi connectivity index (χ3v) is 5.98. The molecule has 0 aliphatic carbocycles. The minimum atomic E-state index is 0.117. The number of hydrogen-bond acceptors (Lipinski definition) is 1. The highest BCUT2D eigenvalue weighted by molar-refractivity contribution is 9.13. The van der Waals surface area contributed by atoms with Crippen LogP contribution in [0.1, 0.15) is 32.7 Å². The number of benzene rings is 1. The first kappa shape index (κ1) is 14.9. The van der Waals surface area contributed by atoms with Gasteiger partial charge in [0.1, 0.15) is 0 Å². The molecule has 0 fully saturated rings. The Morgan fingerprint density at radius 1 is 1.29 bits per heavy atom. The largest absolute Gasteiger partial charge is 0.352 e. The molecule has 1 aliphatic heterocycles. The van der Waals surface area contributed by atoms with Crippen LogP contribution in [0.4, 0.5) is 0 Å². The van der Waals surface area contributed by atoms with E-state index in [2.05, 4.69) is 36.8 Å². The van der Waals surface area contributed by atoms with Crippen molar-refractivity contribution >= 4 is 37.8 Å². The number of nitrogens with one attached hydrogen (secondary N) is 1. The summed E-state index contributed by atoms with van der Waals surface area (Å²) in [6, 6.07) is 6.04. The number of carbonyl (C=O) groups excluding carboxylic acids is 1. The Bertz CT molecular complexity index is 721. The van der Waals surface area contributed by atoms with Gasteiger partial charge in [-0.25, -0.2) is 0 Å². The third-order valence-electron chi connectivity index (χ3n) is 3.97. The van der Waals surface area contributed by atoms with Gasteiger partial charge in [-0.3, -0.25) is 4.79 Å². The number of amides is 1.